The monoisotopic (exact) mass is 293 g/mol. The molecular weight excluding hydrogens is 276 g/mol. The molecule has 112 valence electrons. The van der Waals surface area contributed by atoms with Gasteiger partial charge in [0, 0.05) is 25.5 Å². The van der Waals surface area contributed by atoms with Crippen LogP contribution in [-0.2, 0) is 4.74 Å². The molecule has 0 aliphatic heterocycles. The fourth-order valence-corrected chi connectivity index (χ4v) is 2.74. The summed E-state index contributed by atoms with van der Waals surface area (Å²) < 4.78 is 39.9. The van der Waals surface area contributed by atoms with Gasteiger partial charge in [0.1, 0.15) is 11.6 Å². The molecule has 0 radical (unpaired) electrons. The van der Waals surface area contributed by atoms with Crippen molar-refractivity contribution in [3.05, 3.63) is 35.7 Å². The Morgan fingerprint density at radius 3 is 2.52 bits per heavy atom. The van der Waals surface area contributed by atoms with Crippen LogP contribution in [0.3, 0.4) is 0 Å². The van der Waals surface area contributed by atoms with E-state index in [0.717, 1.165) is 0 Å². The van der Waals surface area contributed by atoms with Crippen LogP contribution in [0.1, 0.15) is 25.3 Å². The molecule has 5 heteroatoms. The number of para-hydroxylation sites is 1. The second-order valence-electron chi connectivity index (χ2n) is 5.44. The minimum Gasteiger partial charge on any atom is -0.496 e. The maximum Gasteiger partial charge on any atom is 0.239 e. The zero-order chi connectivity index (χ0) is 15.7. The summed E-state index contributed by atoms with van der Waals surface area (Å²) in [5.41, 5.74) is -1.02. The van der Waals surface area contributed by atoms with E-state index in [-0.39, 0.29) is 18.4 Å². The summed E-state index contributed by atoms with van der Waals surface area (Å²) >= 11 is 0. The van der Waals surface area contributed by atoms with Gasteiger partial charge in [0.2, 0.25) is 5.85 Å². The van der Waals surface area contributed by atoms with Crippen molar-refractivity contribution in [1.82, 2.24) is 0 Å². The van der Waals surface area contributed by atoms with E-state index in [1.165, 1.54) is 21.1 Å². The molecular formula is C16H17F2NO2. The number of ether oxygens (including phenoxy) is 2. The Kier molecular flexibility index (Phi) is 4.02. The minimum atomic E-state index is -2.36. The predicted octanol–water partition coefficient (Wildman–Crippen LogP) is 4.01. The Morgan fingerprint density at radius 2 is 1.95 bits per heavy atom. The minimum absolute atomic E-state index is 0.147. The van der Waals surface area contributed by atoms with Crippen molar-refractivity contribution in [2.45, 2.75) is 25.6 Å². The number of alkyl halides is 1. The molecule has 2 atom stereocenters. The lowest BCUT2D eigenvalue weighted by molar-refractivity contribution is -0.0984. The van der Waals surface area contributed by atoms with Crippen molar-refractivity contribution in [2.24, 2.45) is 5.41 Å². The van der Waals surface area contributed by atoms with Crippen LogP contribution in [0.4, 0.5) is 8.78 Å². The molecule has 0 saturated heterocycles. The Bertz CT molecular complexity index is 623. The number of allylic oxidation sites excluding steroid dienone is 1. The molecule has 3 nitrogen and oxygen atoms in total. The van der Waals surface area contributed by atoms with Crippen molar-refractivity contribution >= 4 is 5.57 Å². The molecule has 2 unspecified atom stereocenters. The Balaban J connectivity index is 2.65. The molecule has 0 fully saturated rings. The summed E-state index contributed by atoms with van der Waals surface area (Å²) in [5, 5.41) is 9.17. The Labute approximate surface area is 122 Å². The van der Waals surface area contributed by atoms with E-state index in [9.17, 15) is 4.39 Å². The first kappa shape index (κ1) is 15.5. The summed E-state index contributed by atoms with van der Waals surface area (Å²) in [4.78, 5) is 0. The van der Waals surface area contributed by atoms with E-state index >= 15 is 4.39 Å². The molecule has 1 aromatic carbocycles. The molecule has 0 saturated carbocycles. The fraction of sp³-hybridized carbons (Fsp3) is 0.438. The molecule has 0 amide bonds. The van der Waals surface area contributed by atoms with Crippen molar-refractivity contribution in [3.8, 4) is 11.8 Å². The third-order valence-corrected chi connectivity index (χ3v) is 3.78. The van der Waals surface area contributed by atoms with Crippen molar-refractivity contribution in [3.63, 3.8) is 0 Å². The second-order valence-corrected chi connectivity index (χ2v) is 5.44. The highest BCUT2D eigenvalue weighted by molar-refractivity contribution is 5.77. The molecule has 0 bridgehead atoms. The fourth-order valence-electron chi connectivity index (χ4n) is 2.74. The van der Waals surface area contributed by atoms with Gasteiger partial charge in [-0.3, -0.25) is 0 Å². The number of benzene rings is 1. The van der Waals surface area contributed by atoms with Gasteiger partial charge in [-0.05, 0) is 13.0 Å². The Morgan fingerprint density at radius 1 is 1.29 bits per heavy atom. The molecule has 0 aromatic heterocycles. The lowest BCUT2D eigenvalue weighted by Crippen LogP contribution is -2.39. The maximum absolute atomic E-state index is 15.2. The first-order chi connectivity index (χ1) is 9.89. The van der Waals surface area contributed by atoms with Crippen LogP contribution in [0.2, 0.25) is 0 Å². The van der Waals surface area contributed by atoms with Crippen molar-refractivity contribution in [2.75, 3.05) is 14.2 Å². The van der Waals surface area contributed by atoms with Gasteiger partial charge < -0.3 is 9.47 Å². The summed E-state index contributed by atoms with van der Waals surface area (Å²) in [5.74, 6) is -2.68. The molecule has 0 heterocycles. The summed E-state index contributed by atoms with van der Waals surface area (Å²) in [7, 11) is 2.61. The Hall–Kier alpha value is -1.93. The molecule has 21 heavy (non-hydrogen) atoms. The van der Waals surface area contributed by atoms with Gasteiger partial charge in [-0.25, -0.2) is 8.78 Å². The van der Waals surface area contributed by atoms with E-state index in [0.29, 0.717) is 11.3 Å². The molecule has 1 aliphatic rings. The molecule has 1 aromatic rings. The zero-order valence-corrected chi connectivity index (χ0v) is 12.2. The molecule has 2 rings (SSSR count). The lowest BCUT2D eigenvalue weighted by atomic mass is 9.73. The first-order valence-electron chi connectivity index (χ1n) is 6.57. The van der Waals surface area contributed by atoms with E-state index in [4.69, 9.17) is 14.7 Å². The third kappa shape index (κ3) is 2.64. The average molecular weight is 293 g/mol. The summed E-state index contributed by atoms with van der Waals surface area (Å²) in [6, 6.07) is 8.57. The summed E-state index contributed by atoms with van der Waals surface area (Å²) in [6.07, 6.45) is -0.375. The normalized spacial score (nSPS) is 29.1. The number of methoxy groups -OCH3 is 2. The van der Waals surface area contributed by atoms with Gasteiger partial charge in [-0.2, -0.15) is 5.26 Å². The van der Waals surface area contributed by atoms with Crippen LogP contribution in [0.25, 0.3) is 5.57 Å². The van der Waals surface area contributed by atoms with Crippen LogP contribution in [-0.4, -0.2) is 20.1 Å². The number of nitriles is 1. The van der Waals surface area contributed by atoms with Crippen molar-refractivity contribution < 1.29 is 18.3 Å². The van der Waals surface area contributed by atoms with Crippen LogP contribution in [0.15, 0.2) is 30.1 Å². The number of hydrogen-bond acceptors (Lipinski definition) is 3. The standard InChI is InChI=1S/C16H17F2NO2/c1-15(10-19)8-12(17)14(16(18,9-15)21-3)11-6-4-5-7-13(11)20-2/h4-7H,8-9H2,1-3H3. The van der Waals surface area contributed by atoms with Crippen molar-refractivity contribution in [1.29, 1.82) is 5.26 Å². The van der Waals surface area contributed by atoms with Crippen LogP contribution in [0.5, 0.6) is 5.75 Å². The van der Waals surface area contributed by atoms with Gasteiger partial charge >= 0.3 is 0 Å². The second kappa shape index (κ2) is 5.45. The van der Waals surface area contributed by atoms with Gasteiger partial charge in [0.15, 0.2) is 0 Å². The lowest BCUT2D eigenvalue weighted by Gasteiger charge is -2.38. The maximum atomic E-state index is 15.2. The zero-order valence-electron chi connectivity index (χ0n) is 12.2. The quantitative estimate of drug-likeness (QED) is 0.845. The van der Waals surface area contributed by atoms with E-state index in [1.54, 1.807) is 24.3 Å². The average Bonchev–Trinajstić information content (AvgIpc) is 2.47. The largest absolute Gasteiger partial charge is 0.496 e. The number of hydrogen-bond donors (Lipinski definition) is 0. The van der Waals surface area contributed by atoms with Gasteiger partial charge in [0.05, 0.1) is 24.2 Å². The van der Waals surface area contributed by atoms with E-state index in [2.05, 4.69) is 0 Å². The number of rotatable bonds is 3. The predicted molar refractivity (Wildman–Crippen MR) is 74.8 cm³/mol. The molecule has 1 aliphatic carbocycles. The van der Waals surface area contributed by atoms with Gasteiger partial charge in [-0.15, -0.1) is 0 Å². The highest BCUT2D eigenvalue weighted by Crippen LogP contribution is 2.52. The van der Waals surface area contributed by atoms with Crippen LogP contribution in [0, 0.1) is 16.7 Å². The first-order valence-corrected chi connectivity index (χ1v) is 6.57. The van der Waals surface area contributed by atoms with Crippen LogP contribution >= 0.6 is 0 Å². The highest BCUT2D eigenvalue weighted by atomic mass is 19.2. The number of halogens is 2. The highest BCUT2D eigenvalue weighted by Gasteiger charge is 2.50. The SMILES string of the molecule is COc1ccccc1C1=C(F)CC(C)(C#N)CC1(F)OC. The van der Waals surface area contributed by atoms with Gasteiger partial charge in [0.25, 0.3) is 0 Å². The van der Waals surface area contributed by atoms with E-state index < -0.39 is 17.1 Å². The molecule has 0 N–H and O–H groups in total. The van der Waals surface area contributed by atoms with Crippen LogP contribution < -0.4 is 4.74 Å². The third-order valence-electron chi connectivity index (χ3n) is 3.78. The topological polar surface area (TPSA) is 42.2 Å². The smallest absolute Gasteiger partial charge is 0.239 e. The number of nitrogens with zero attached hydrogens (tertiary/aromatic N) is 1. The van der Waals surface area contributed by atoms with E-state index in [1.807, 2.05) is 6.07 Å². The summed E-state index contributed by atoms with van der Waals surface area (Å²) in [6.45, 7) is 1.53. The van der Waals surface area contributed by atoms with Gasteiger partial charge in [-0.1, -0.05) is 18.2 Å². The molecule has 0 spiro atoms.